The van der Waals surface area contributed by atoms with Crippen LogP contribution >= 0.6 is 0 Å². The number of hydrogen-bond donors (Lipinski definition) is 3. The van der Waals surface area contributed by atoms with Gasteiger partial charge in [-0.3, -0.25) is 0 Å². The van der Waals surface area contributed by atoms with Gasteiger partial charge in [-0.25, -0.2) is 9.67 Å². The molecule has 0 bridgehead atoms. The van der Waals surface area contributed by atoms with Crippen LogP contribution in [0.15, 0.2) is 35.0 Å². The number of benzene rings is 1. The Morgan fingerprint density at radius 3 is 2.48 bits per heavy atom. The van der Waals surface area contributed by atoms with Gasteiger partial charge in [0.15, 0.2) is 5.82 Å². The third-order valence-corrected chi connectivity index (χ3v) is 4.66. The Labute approximate surface area is 166 Å². The van der Waals surface area contributed by atoms with Crippen LogP contribution in [-0.4, -0.2) is 40.1 Å². The molecule has 150 valence electrons. The summed E-state index contributed by atoms with van der Waals surface area (Å²) < 4.78 is 6.57. The molecule has 0 saturated heterocycles. The van der Waals surface area contributed by atoms with Gasteiger partial charge in [0.1, 0.15) is 16.9 Å². The molecule has 0 aliphatic rings. The highest BCUT2D eigenvalue weighted by molar-refractivity contribution is 5.85. The lowest BCUT2D eigenvalue weighted by atomic mass is 9.93. The lowest BCUT2D eigenvalue weighted by Crippen LogP contribution is -2.24. The van der Waals surface area contributed by atoms with E-state index in [2.05, 4.69) is 25.2 Å². The first-order valence-corrected chi connectivity index (χ1v) is 8.95. The van der Waals surface area contributed by atoms with E-state index in [4.69, 9.17) is 10.3 Å². The van der Waals surface area contributed by atoms with Crippen molar-refractivity contribution in [1.29, 1.82) is 0 Å². The third-order valence-electron chi connectivity index (χ3n) is 4.66. The van der Waals surface area contributed by atoms with E-state index < -0.39 is 11.2 Å². The molecule has 0 fully saturated rings. The Bertz CT molecular complexity index is 1200. The number of aromatic nitrogens is 6. The van der Waals surface area contributed by atoms with E-state index in [0.29, 0.717) is 33.9 Å². The van der Waals surface area contributed by atoms with Gasteiger partial charge in [-0.1, -0.05) is 17.3 Å². The number of anilines is 1. The van der Waals surface area contributed by atoms with Crippen molar-refractivity contribution in [2.24, 2.45) is 0 Å². The van der Waals surface area contributed by atoms with Gasteiger partial charge in [0, 0.05) is 24.6 Å². The number of rotatable bonds is 4. The molecule has 0 amide bonds. The molecule has 3 aromatic heterocycles. The fourth-order valence-electron chi connectivity index (χ4n) is 3.15. The van der Waals surface area contributed by atoms with Crippen LogP contribution in [0.5, 0.6) is 0 Å². The Hall–Kier alpha value is -3.37. The molecule has 4 N–H and O–H groups in total. The molecule has 0 saturated carbocycles. The van der Waals surface area contributed by atoms with Crippen molar-refractivity contribution >= 4 is 16.9 Å². The standard InChI is InChI=1S/C19H21N7O3/c1-10-22-16(25-29-10)19(4,28)11-5-6-12-13(9-11)26(24-15(12)18(2,3)27)14-7-8-21-17(20)23-14/h5-9,27-28H,1-4H3,(H2,20,21,23)/t19-/m1/s1. The summed E-state index contributed by atoms with van der Waals surface area (Å²) in [5.41, 5.74) is 4.65. The van der Waals surface area contributed by atoms with Crippen molar-refractivity contribution in [2.75, 3.05) is 5.73 Å². The van der Waals surface area contributed by atoms with Crippen LogP contribution in [-0.2, 0) is 11.2 Å². The molecule has 0 aliphatic carbocycles. The molecule has 4 rings (SSSR count). The van der Waals surface area contributed by atoms with E-state index in [1.165, 1.54) is 6.20 Å². The van der Waals surface area contributed by atoms with Crippen LogP contribution in [0.1, 0.15) is 43.7 Å². The van der Waals surface area contributed by atoms with Gasteiger partial charge in [0.05, 0.1) is 5.52 Å². The van der Waals surface area contributed by atoms with Gasteiger partial charge >= 0.3 is 0 Å². The number of nitrogens with two attached hydrogens (primary N) is 1. The molecule has 10 nitrogen and oxygen atoms in total. The Morgan fingerprint density at radius 1 is 1.10 bits per heavy atom. The molecule has 4 aromatic rings. The van der Waals surface area contributed by atoms with Crippen molar-refractivity contribution in [3.05, 3.63) is 53.4 Å². The summed E-state index contributed by atoms with van der Waals surface area (Å²) in [6, 6.07) is 6.93. The second-order valence-electron chi connectivity index (χ2n) is 7.53. The van der Waals surface area contributed by atoms with E-state index in [1.54, 1.807) is 56.6 Å². The van der Waals surface area contributed by atoms with Crippen LogP contribution in [0.25, 0.3) is 16.7 Å². The Balaban J connectivity index is 1.97. The first-order valence-electron chi connectivity index (χ1n) is 8.95. The van der Waals surface area contributed by atoms with Crippen molar-refractivity contribution in [3.8, 4) is 5.82 Å². The lowest BCUT2D eigenvalue weighted by Gasteiger charge is -2.20. The monoisotopic (exact) mass is 395 g/mol. The highest BCUT2D eigenvalue weighted by atomic mass is 16.5. The summed E-state index contributed by atoms with van der Waals surface area (Å²) in [5.74, 6) is 1.04. The predicted octanol–water partition coefficient (Wildman–Crippen LogP) is 1.57. The maximum atomic E-state index is 11.1. The van der Waals surface area contributed by atoms with E-state index in [-0.39, 0.29) is 11.8 Å². The summed E-state index contributed by atoms with van der Waals surface area (Å²) in [5, 5.41) is 30.8. The molecule has 3 heterocycles. The minimum Gasteiger partial charge on any atom is -0.384 e. The van der Waals surface area contributed by atoms with Crippen molar-refractivity contribution in [3.63, 3.8) is 0 Å². The van der Waals surface area contributed by atoms with Gasteiger partial charge in [0.2, 0.25) is 17.7 Å². The lowest BCUT2D eigenvalue weighted by molar-refractivity contribution is 0.0749. The van der Waals surface area contributed by atoms with Gasteiger partial charge in [-0.05, 0) is 32.4 Å². The number of hydrogen-bond acceptors (Lipinski definition) is 9. The quantitative estimate of drug-likeness (QED) is 0.468. The van der Waals surface area contributed by atoms with Crippen LogP contribution in [0.2, 0.25) is 0 Å². The molecule has 0 radical (unpaired) electrons. The van der Waals surface area contributed by atoms with E-state index in [1.807, 2.05) is 0 Å². The molecule has 0 spiro atoms. The molecule has 29 heavy (non-hydrogen) atoms. The highest BCUT2D eigenvalue weighted by Crippen LogP contribution is 2.34. The first kappa shape index (κ1) is 19.0. The van der Waals surface area contributed by atoms with Crippen molar-refractivity contribution in [1.82, 2.24) is 29.9 Å². The minimum absolute atomic E-state index is 0.0985. The average Bonchev–Trinajstić information content (AvgIpc) is 3.25. The van der Waals surface area contributed by atoms with E-state index >= 15 is 0 Å². The topological polar surface area (TPSA) is 149 Å². The third kappa shape index (κ3) is 3.22. The van der Waals surface area contributed by atoms with Gasteiger partial charge in [0.25, 0.3) is 0 Å². The first-order chi connectivity index (χ1) is 13.6. The van der Waals surface area contributed by atoms with E-state index in [0.717, 1.165) is 0 Å². The summed E-state index contributed by atoms with van der Waals surface area (Å²) in [6.07, 6.45) is 1.52. The second kappa shape index (κ2) is 6.33. The normalized spacial score (nSPS) is 14.3. The summed E-state index contributed by atoms with van der Waals surface area (Å²) in [7, 11) is 0. The van der Waals surface area contributed by atoms with Gasteiger partial charge in [-0.2, -0.15) is 15.1 Å². The number of aryl methyl sites for hydroxylation is 1. The molecule has 1 atom stereocenters. The minimum atomic E-state index is -1.50. The molecule has 10 heteroatoms. The molecule has 0 unspecified atom stereocenters. The predicted molar refractivity (Wildman–Crippen MR) is 104 cm³/mol. The Kier molecular flexibility index (Phi) is 4.14. The van der Waals surface area contributed by atoms with Crippen molar-refractivity contribution in [2.45, 2.75) is 38.9 Å². The van der Waals surface area contributed by atoms with Gasteiger partial charge < -0.3 is 20.5 Å². The number of fused-ring (bicyclic) bond motifs is 1. The molecular formula is C19H21N7O3. The average molecular weight is 395 g/mol. The zero-order valence-electron chi connectivity index (χ0n) is 16.5. The van der Waals surface area contributed by atoms with Crippen LogP contribution < -0.4 is 5.73 Å². The number of aliphatic hydroxyl groups is 2. The number of nitrogens with zero attached hydrogens (tertiary/aromatic N) is 6. The van der Waals surface area contributed by atoms with Gasteiger partial charge in [-0.15, -0.1) is 0 Å². The van der Waals surface area contributed by atoms with Crippen LogP contribution in [0.3, 0.4) is 0 Å². The van der Waals surface area contributed by atoms with Crippen LogP contribution in [0, 0.1) is 6.92 Å². The largest absolute Gasteiger partial charge is 0.384 e. The second-order valence-corrected chi connectivity index (χ2v) is 7.53. The summed E-state index contributed by atoms with van der Waals surface area (Å²) in [6.45, 7) is 6.54. The Morgan fingerprint density at radius 2 is 1.86 bits per heavy atom. The van der Waals surface area contributed by atoms with E-state index in [9.17, 15) is 10.2 Å². The maximum Gasteiger partial charge on any atom is 0.223 e. The summed E-state index contributed by atoms with van der Waals surface area (Å²) >= 11 is 0. The highest BCUT2D eigenvalue weighted by Gasteiger charge is 2.33. The smallest absolute Gasteiger partial charge is 0.223 e. The summed E-state index contributed by atoms with van der Waals surface area (Å²) in [4.78, 5) is 12.3. The zero-order chi connectivity index (χ0) is 21.0. The maximum absolute atomic E-state index is 11.1. The molecule has 0 aliphatic heterocycles. The zero-order valence-corrected chi connectivity index (χ0v) is 16.5. The molecular weight excluding hydrogens is 374 g/mol. The van der Waals surface area contributed by atoms with Crippen LogP contribution in [0.4, 0.5) is 5.95 Å². The molecule has 1 aromatic carbocycles. The SMILES string of the molecule is Cc1nc([C@](C)(O)c2ccc3c(C(C)(C)O)nn(-c4ccnc(N)n4)c3c2)no1. The fraction of sp³-hybridized carbons (Fsp3) is 0.316. The number of nitrogen functional groups attached to an aromatic ring is 1. The fourth-order valence-corrected chi connectivity index (χ4v) is 3.15. The van der Waals surface area contributed by atoms with Crippen molar-refractivity contribution < 1.29 is 14.7 Å².